The van der Waals surface area contributed by atoms with E-state index in [1.165, 1.54) is 0 Å². The summed E-state index contributed by atoms with van der Waals surface area (Å²) in [5.74, 6) is 0. The summed E-state index contributed by atoms with van der Waals surface area (Å²) in [6.07, 6.45) is 0.958. The third-order valence-electron chi connectivity index (χ3n) is 1.95. The largest absolute Gasteiger partial charge is 0.395 e. The summed E-state index contributed by atoms with van der Waals surface area (Å²) in [4.78, 5) is 2.01. The van der Waals surface area contributed by atoms with E-state index in [1.54, 1.807) is 0 Å². The third-order valence-corrected chi connectivity index (χ3v) is 1.95. The second kappa shape index (κ2) is 17.1. The predicted molar refractivity (Wildman–Crippen MR) is 60.2 cm³/mol. The summed E-state index contributed by atoms with van der Waals surface area (Å²) < 4.78 is 0. The molecule has 16 heavy (non-hydrogen) atoms. The molecule has 4 N–H and O–H groups in total. The molecule has 0 aromatic rings. The monoisotopic (exact) mass is 246 g/mol. The maximum atomic E-state index is 8.73. The molecule has 0 aliphatic carbocycles. The van der Waals surface area contributed by atoms with Gasteiger partial charge < -0.3 is 20.6 Å². The van der Waals surface area contributed by atoms with E-state index in [4.69, 9.17) is 15.3 Å². The average molecular weight is 246 g/mol. The number of aliphatic hydroxyl groups excluding tert-OH is 3. The average Bonchev–Trinajstić information content (AvgIpc) is 2.18. The van der Waals surface area contributed by atoms with Crippen molar-refractivity contribution in [3.05, 3.63) is 0 Å². The molecule has 0 bridgehead atoms. The van der Waals surface area contributed by atoms with Crippen molar-refractivity contribution in [3.8, 4) is 0 Å². The molecule has 0 fully saturated rings. The zero-order valence-corrected chi connectivity index (χ0v) is 9.47. The number of nitrogens with zero attached hydrogens (tertiary/aromatic N) is 1. The molecule has 102 valence electrons. The molecule has 0 aromatic heterocycles. The van der Waals surface area contributed by atoms with Crippen LogP contribution in [0.2, 0.25) is 0 Å². The molecule has 0 spiro atoms. The van der Waals surface area contributed by atoms with Crippen molar-refractivity contribution < 1.29 is 24.7 Å². The molecule has 0 atom stereocenters. The molecule has 0 unspecified atom stereocenters. The van der Waals surface area contributed by atoms with E-state index >= 15 is 0 Å². The minimum absolute atomic E-state index is 0. The summed E-state index contributed by atoms with van der Waals surface area (Å²) in [7, 11) is 0. The van der Waals surface area contributed by atoms with E-state index in [0.717, 1.165) is 19.5 Å². The van der Waals surface area contributed by atoms with E-state index in [9.17, 15) is 0 Å². The zero-order chi connectivity index (χ0) is 10.6. The Kier molecular flexibility index (Phi) is 22.4. The molecule has 0 aliphatic rings. The number of aliphatic hydroxyl groups is 3. The Hall–Kier alpha value is -0.340. The number of hydrogen-bond acceptors (Lipinski definition) is 5. The van der Waals surface area contributed by atoms with E-state index in [1.807, 2.05) is 4.90 Å². The van der Waals surface area contributed by atoms with Crippen molar-refractivity contribution in [1.82, 2.24) is 10.2 Å². The molecule has 0 aromatic carbocycles. The fraction of sp³-hybridized carbons (Fsp3) is 1.00. The highest BCUT2D eigenvalue weighted by Crippen LogP contribution is 1.89. The van der Waals surface area contributed by atoms with Crippen LogP contribution in [0.3, 0.4) is 0 Å². The molecule has 7 heteroatoms. The minimum Gasteiger partial charge on any atom is -0.395 e. The Labute approximate surface area is 94.8 Å². The molecule has 0 heterocycles. The van der Waals surface area contributed by atoms with Crippen LogP contribution in [0.5, 0.6) is 0 Å². The molecule has 0 amide bonds. The van der Waals surface area contributed by atoms with Crippen molar-refractivity contribution in [3.63, 3.8) is 0 Å². The van der Waals surface area contributed by atoms with Gasteiger partial charge in [0.15, 0.2) is 0 Å². The van der Waals surface area contributed by atoms with Gasteiger partial charge in [-0.2, -0.15) is 0 Å². The van der Waals surface area contributed by atoms with E-state index in [2.05, 4.69) is 5.32 Å². The lowest BCUT2D eigenvalue weighted by atomic mass is 10.3. The van der Waals surface area contributed by atoms with Crippen LogP contribution in [-0.4, -0.2) is 72.8 Å². The highest BCUT2D eigenvalue weighted by Gasteiger charge is 2.01. The zero-order valence-electron chi connectivity index (χ0n) is 9.47. The van der Waals surface area contributed by atoms with Gasteiger partial charge in [-0.1, -0.05) is 0 Å². The van der Waals surface area contributed by atoms with Crippen molar-refractivity contribution in [2.24, 2.45) is 0 Å². The predicted octanol–water partition coefficient (Wildman–Crippen LogP) is -1.45. The smallest absolute Gasteiger partial charge is 0.0558 e. The maximum Gasteiger partial charge on any atom is 0.0558 e. The van der Waals surface area contributed by atoms with Crippen LogP contribution >= 0.6 is 0 Å². The lowest BCUT2D eigenvalue weighted by Gasteiger charge is -2.19. The normalized spacial score (nSPS) is 9.75. The molecule has 0 saturated heterocycles. The fourth-order valence-corrected chi connectivity index (χ4v) is 1.25. The highest BCUT2D eigenvalue weighted by molar-refractivity contribution is 4.57. The fourth-order valence-electron chi connectivity index (χ4n) is 1.25. The van der Waals surface area contributed by atoms with Gasteiger partial charge in [-0.25, -0.2) is 0 Å². The molecular weight excluding hydrogens is 222 g/mol. The Morgan fingerprint density at radius 3 is 1.75 bits per heavy atom. The van der Waals surface area contributed by atoms with Gasteiger partial charge in [0.1, 0.15) is 0 Å². The van der Waals surface area contributed by atoms with Gasteiger partial charge in [-0.3, -0.25) is 14.3 Å². The maximum absolute atomic E-state index is 8.73. The van der Waals surface area contributed by atoms with Crippen molar-refractivity contribution >= 4 is 0 Å². The van der Waals surface area contributed by atoms with Crippen LogP contribution in [0, 0.1) is 0 Å². The minimum atomic E-state index is 0. The van der Waals surface area contributed by atoms with Crippen LogP contribution < -0.4 is 5.32 Å². The van der Waals surface area contributed by atoms with Crippen molar-refractivity contribution in [1.29, 1.82) is 0 Å². The Bertz CT molecular complexity index is 117. The van der Waals surface area contributed by atoms with E-state index in [0.29, 0.717) is 19.6 Å². The first kappa shape index (κ1) is 21.0. The van der Waals surface area contributed by atoms with Gasteiger partial charge in [-0.05, 0) is 19.5 Å². The quantitative estimate of drug-likeness (QED) is 0.355. The summed E-state index contributed by atoms with van der Waals surface area (Å²) in [6, 6.07) is 0. The third kappa shape index (κ3) is 13.7. The molecule has 5 nitrogen and oxygen atoms in total. The van der Waals surface area contributed by atoms with Crippen LogP contribution in [0.15, 0.2) is 0 Å². The van der Waals surface area contributed by atoms with Crippen LogP contribution in [-0.2, 0) is 0 Å². The van der Waals surface area contributed by atoms with Gasteiger partial charge >= 0.3 is 0 Å². The van der Waals surface area contributed by atoms with Gasteiger partial charge in [0.2, 0.25) is 0 Å². The van der Waals surface area contributed by atoms with Gasteiger partial charge in [0.05, 0.1) is 19.8 Å². The van der Waals surface area contributed by atoms with Crippen LogP contribution in [0.4, 0.5) is 9.41 Å². The first-order valence-electron chi connectivity index (χ1n) is 5.10. The van der Waals surface area contributed by atoms with Crippen molar-refractivity contribution in [2.45, 2.75) is 6.42 Å². The molecular formula is C9H24F2N2O3. The standard InChI is InChI=1S/C9H22N2O3.2FH/c12-7-3-10-2-1-4-11(5-8-13)6-9-14;;/h10,12-14H,1-9H2;2*1H. The second-order valence-corrected chi connectivity index (χ2v) is 3.12. The van der Waals surface area contributed by atoms with E-state index < -0.39 is 0 Å². The van der Waals surface area contributed by atoms with Gasteiger partial charge in [0.25, 0.3) is 0 Å². The Balaban J connectivity index is -0.000000845. The van der Waals surface area contributed by atoms with Gasteiger partial charge in [-0.15, -0.1) is 0 Å². The number of halogens is 2. The first-order chi connectivity index (χ1) is 6.85. The summed E-state index contributed by atoms with van der Waals surface area (Å²) >= 11 is 0. The molecule has 0 aliphatic heterocycles. The Morgan fingerprint density at radius 1 is 0.750 bits per heavy atom. The topological polar surface area (TPSA) is 76.0 Å². The second-order valence-electron chi connectivity index (χ2n) is 3.12. The molecule has 0 radical (unpaired) electrons. The van der Waals surface area contributed by atoms with Crippen molar-refractivity contribution in [2.75, 3.05) is 52.5 Å². The number of rotatable bonds is 10. The highest BCUT2D eigenvalue weighted by atomic mass is 19.0. The summed E-state index contributed by atoms with van der Waals surface area (Å²) in [5, 5.41) is 29.0. The summed E-state index contributed by atoms with van der Waals surface area (Å²) in [6.45, 7) is 3.99. The number of nitrogens with one attached hydrogen (secondary N) is 1. The first-order valence-corrected chi connectivity index (χ1v) is 5.10. The lowest BCUT2D eigenvalue weighted by Crippen LogP contribution is -2.32. The molecule has 0 rings (SSSR count). The van der Waals surface area contributed by atoms with E-state index in [-0.39, 0.29) is 29.2 Å². The Morgan fingerprint density at radius 2 is 1.31 bits per heavy atom. The molecule has 0 saturated carbocycles. The van der Waals surface area contributed by atoms with Gasteiger partial charge in [0, 0.05) is 19.6 Å². The SMILES string of the molecule is F.F.OCCNCCCN(CCO)CCO. The lowest BCUT2D eigenvalue weighted by molar-refractivity contribution is 0.159. The number of hydrogen-bond donors (Lipinski definition) is 4. The van der Waals surface area contributed by atoms with Crippen LogP contribution in [0.25, 0.3) is 0 Å². The van der Waals surface area contributed by atoms with Crippen LogP contribution in [0.1, 0.15) is 6.42 Å². The summed E-state index contributed by atoms with van der Waals surface area (Å²) in [5.41, 5.74) is 0.